The largest absolute Gasteiger partial charge is 0.496 e. The molecule has 0 aliphatic carbocycles. The fraction of sp³-hybridized carbons (Fsp3) is 0.263. The van der Waals surface area contributed by atoms with Gasteiger partial charge in [0.1, 0.15) is 12.3 Å². The van der Waals surface area contributed by atoms with E-state index >= 15 is 0 Å². The molecule has 0 aromatic heterocycles. The number of rotatable bonds is 7. The Morgan fingerprint density at radius 2 is 1.68 bits per heavy atom. The maximum absolute atomic E-state index is 13.3. The SMILES string of the molecule is COC(=O)CN(c1ccccc1C(=O)OC)S(=O)(=O)c1ccc(OC)c(C)c1. The third-order valence-electron chi connectivity index (χ3n) is 4.03. The molecule has 0 amide bonds. The number of carbonyl (C=O) groups is 2. The lowest BCUT2D eigenvalue weighted by Gasteiger charge is -2.25. The van der Waals surface area contributed by atoms with E-state index in [2.05, 4.69) is 4.74 Å². The van der Waals surface area contributed by atoms with Crippen LogP contribution in [0.15, 0.2) is 47.4 Å². The van der Waals surface area contributed by atoms with Crippen LogP contribution in [0.5, 0.6) is 5.75 Å². The second-order valence-electron chi connectivity index (χ2n) is 5.73. The predicted octanol–water partition coefficient (Wildman–Crippen LogP) is 2.16. The third kappa shape index (κ3) is 4.25. The van der Waals surface area contributed by atoms with Crippen LogP contribution in [0.25, 0.3) is 0 Å². The average molecular weight is 407 g/mol. The maximum atomic E-state index is 13.3. The summed E-state index contributed by atoms with van der Waals surface area (Å²) in [6.07, 6.45) is 0. The highest BCUT2D eigenvalue weighted by atomic mass is 32.2. The van der Waals surface area contributed by atoms with Gasteiger partial charge in [-0.1, -0.05) is 12.1 Å². The van der Waals surface area contributed by atoms with Gasteiger partial charge in [-0.2, -0.15) is 0 Å². The molecule has 0 aliphatic heterocycles. The topological polar surface area (TPSA) is 99.2 Å². The van der Waals surface area contributed by atoms with Crippen molar-refractivity contribution in [3.63, 3.8) is 0 Å². The Morgan fingerprint density at radius 3 is 2.25 bits per heavy atom. The smallest absolute Gasteiger partial charge is 0.340 e. The van der Waals surface area contributed by atoms with Crippen LogP contribution < -0.4 is 9.04 Å². The van der Waals surface area contributed by atoms with Gasteiger partial charge in [0.15, 0.2) is 0 Å². The van der Waals surface area contributed by atoms with Crippen molar-refractivity contribution in [3.8, 4) is 5.75 Å². The van der Waals surface area contributed by atoms with E-state index in [0.29, 0.717) is 11.3 Å². The first-order chi connectivity index (χ1) is 13.3. The molecule has 9 heteroatoms. The van der Waals surface area contributed by atoms with E-state index < -0.39 is 28.5 Å². The number of aryl methyl sites for hydroxylation is 1. The van der Waals surface area contributed by atoms with Crippen LogP contribution in [-0.2, 0) is 24.3 Å². The zero-order chi connectivity index (χ0) is 20.9. The van der Waals surface area contributed by atoms with Crippen molar-refractivity contribution in [1.82, 2.24) is 0 Å². The van der Waals surface area contributed by atoms with E-state index in [1.54, 1.807) is 19.1 Å². The second-order valence-corrected chi connectivity index (χ2v) is 7.59. The van der Waals surface area contributed by atoms with Gasteiger partial charge in [0, 0.05) is 0 Å². The minimum atomic E-state index is -4.20. The molecule has 0 radical (unpaired) electrons. The lowest BCUT2D eigenvalue weighted by molar-refractivity contribution is -0.138. The number of hydrogen-bond acceptors (Lipinski definition) is 7. The van der Waals surface area contributed by atoms with Gasteiger partial charge in [-0.15, -0.1) is 0 Å². The molecule has 0 saturated heterocycles. The molecule has 150 valence electrons. The molecule has 0 heterocycles. The molecular formula is C19H21NO7S. The fourth-order valence-electron chi connectivity index (χ4n) is 2.59. The highest BCUT2D eigenvalue weighted by molar-refractivity contribution is 7.92. The Balaban J connectivity index is 2.66. The van der Waals surface area contributed by atoms with Gasteiger partial charge in [0.2, 0.25) is 0 Å². The summed E-state index contributed by atoms with van der Waals surface area (Å²) in [4.78, 5) is 24.0. The molecule has 2 aromatic carbocycles. The Bertz CT molecular complexity index is 986. The monoisotopic (exact) mass is 407 g/mol. The number of esters is 2. The van der Waals surface area contributed by atoms with E-state index in [-0.39, 0.29) is 16.1 Å². The Hall–Kier alpha value is -3.07. The van der Waals surface area contributed by atoms with Gasteiger partial charge in [-0.3, -0.25) is 9.10 Å². The van der Waals surface area contributed by atoms with E-state index in [1.165, 1.54) is 44.6 Å². The molecule has 0 fully saturated rings. The number of benzene rings is 2. The summed E-state index contributed by atoms with van der Waals surface area (Å²) < 4.78 is 42.0. The maximum Gasteiger partial charge on any atom is 0.340 e. The molecule has 0 atom stereocenters. The predicted molar refractivity (Wildman–Crippen MR) is 102 cm³/mol. The number of hydrogen-bond donors (Lipinski definition) is 0. The number of nitrogens with zero attached hydrogens (tertiary/aromatic N) is 1. The standard InChI is InChI=1S/C19H21NO7S/c1-13-11-14(9-10-17(13)25-2)28(23,24)20(12-18(21)26-3)16-8-6-5-7-15(16)19(22)27-4/h5-11H,12H2,1-4H3. The molecule has 28 heavy (non-hydrogen) atoms. The summed E-state index contributed by atoms with van der Waals surface area (Å²) in [6.45, 7) is 1.09. The van der Waals surface area contributed by atoms with Gasteiger partial charge in [-0.05, 0) is 42.8 Å². The molecule has 0 saturated carbocycles. The van der Waals surface area contributed by atoms with Crippen molar-refractivity contribution in [1.29, 1.82) is 0 Å². The van der Waals surface area contributed by atoms with Crippen LogP contribution in [0.2, 0.25) is 0 Å². The molecule has 2 rings (SSSR count). The quantitative estimate of drug-likeness (QED) is 0.649. The molecule has 8 nitrogen and oxygen atoms in total. The normalized spacial score (nSPS) is 10.9. The van der Waals surface area contributed by atoms with E-state index in [1.807, 2.05) is 0 Å². The number of ether oxygens (including phenoxy) is 3. The first-order valence-corrected chi connectivity index (χ1v) is 9.61. The molecule has 0 N–H and O–H groups in total. The van der Waals surface area contributed by atoms with Gasteiger partial charge in [0.25, 0.3) is 10.0 Å². The number of anilines is 1. The summed E-state index contributed by atoms with van der Waals surface area (Å²) in [6, 6.07) is 10.3. The van der Waals surface area contributed by atoms with Crippen LogP contribution in [0, 0.1) is 6.92 Å². The fourth-order valence-corrected chi connectivity index (χ4v) is 4.11. The molecular weight excluding hydrogens is 386 g/mol. The first-order valence-electron chi connectivity index (χ1n) is 8.17. The van der Waals surface area contributed by atoms with Gasteiger partial charge >= 0.3 is 11.9 Å². The highest BCUT2D eigenvalue weighted by Gasteiger charge is 2.31. The molecule has 2 aromatic rings. The minimum absolute atomic E-state index is 0.00251. The van der Waals surface area contributed by atoms with Crippen LogP contribution in [0.4, 0.5) is 5.69 Å². The lowest BCUT2D eigenvalue weighted by atomic mass is 10.2. The first kappa shape index (κ1) is 21.2. The van der Waals surface area contributed by atoms with Crippen LogP contribution >= 0.6 is 0 Å². The van der Waals surface area contributed by atoms with Gasteiger partial charge in [-0.25, -0.2) is 13.2 Å². The summed E-state index contributed by atoms with van der Waals surface area (Å²) in [5, 5.41) is 0. The number of sulfonamides is 1. The van der Waals surface area contributed by atoms with Crippen molar-refractivity contribution in [2.45, 2.75) is 11.8 Å². The molecule has 0 bridgehead atoms. The zero-order valence-corrected chi connectivity index (χ0v) is 16.8. The molecule has 0 spiro atoms. The van der Waals surface area contributed by atoms with E-state index in [0.717, 1.165) is 11.4 Å². The third-order valence-corrected chi connectivity index (χ3v) is 5.79. The van der Waals surface area contributed by atoms with Crippen LogP contribution in [0.3, 0.4) is 0 Å². The van der Waals surface area contributed by atoms with Crippen molar-refractivity contribution >= 4 is 27.6 Å². The Morgan fingerprint density at radius 1 is 1.00 bits per heavy atom. The van der Waals surface area contributed by atoms with E-state index in [4.69, 9.17) is 9.47 Å². The average Bonchev–Trinajstić information content (AvgIpc) is 2.70. The lowest BCUT2D eigenvalue weighted by Crippen LogP contribution is -2.37. The van der Waals surface area contributed by atoms with Crippen molar-refractivity contribution < 1.29 is 32.2 Å². The Labute approximate surface area is 163 Å². The van der Waals surface area contributed by atoms with Crippen molar-refractivity contribution in [2.75, 3.05) is 32.2 Å². The second kappa shape index (κ2) is 8.75. The number of carbonyl (C=O) groups excluding carboxylic acids is 2. The van der Waals surface area contributed by atoms with Crippen molar-refractivity contribution in [2.24, 2.45) is 0 Å². The number of para-hydroxylation sites is 1. The van der Waals surface area contributed by atoms with Gasteiger partial charge < -0.3 is 14.2 Å². The van der Waals surface area contributed by atoms with Gasteiger partial charge in [0.05, 0.1) is 37.5 Å². The summed E-state index contributed by atoms with van der Waals surface area (Å²) in [5.41, 5.74) is 0.610. The van der Waals surface area contributed by atoms with Crippen molar-refractivity contribution in [3.05, 3.63) is 53.6 Å². The minimum Gasteiger partial charge on any atom is -0.496 e. The summed E-state index contributed by atoms with van der Waals surface area (Å²) in [5.74, 6) is -0.992. The van der Waals surface area contributed by atoms with E-state index in [9.17, 15) is 18.0 Å². The molecule has 0 unspecified atom stereocenters. The zero-order valence-electron chi connectivity index (χ0n) is 16.0. The Kier molecular flexibility index (Phi) is 6.63. The summed E-state index contributed by atoms with van der Waals surface area (Å²) >= 11 is 0. The summed E-state index contributed by atoms with van der Waals surface area (Å²) in [7, 11) is -0.388. The van der Waals surface area contributed by atoms with Crippen LogP contribution in [-0.4, -0.2) is 48.2 Å². The highest BCUT2D eigenvalue weighted by Crippen LogP contribution is 2.30. The van der Waals surface area contributed by atoms with Crippen LogP contribution in [0.1, 0.15) is 15.9 Å². The molecule has 0 aliphatic rings. The number of methoxy groups -OCH3 is 3.